The molecule has 172 valence electrons. The first-order valence-corrected chi connectivity index (χ1v) is 12.1. The quantitative estimate of drug-likeness (QED) is 0.510. The predicted octanol–water partition coefficient (Wildman–Crippen LogP) is 5.16. The molecule has 34 heavy (non-hydrogen) atoms. The van der Waals surface area contributed by atoms with Crippen LogP contribution in [0.15, 0.2) is 60.9 Å². The molecule has 2 aromatic carbocycles. The van der Waals surface area contributed by atoms with E-state index in [1.165, 1.54) is 22.3 Å². The second-order valence-corrected chi connectivity index (χ2v) is 9.67. The number of nitrogens with zero attached hydrogens (tertiary/aromatic N) is 3. The molecule has 2 atom stereocenters. The van der Waals surface area contributed by atoms with Gasteiger partial charge in [0, 0.05) is 30.1 Å². The number of carbonyl (C=O) groups is 2. The number of carbonyl (C=O) groups excluding carboxylic acids is 2. The summed E-state index contributed by atoms with van der Waals surface area (Å²) in [5.74, 6) is -0.0282. The Balaban J connectivity index is 1.15. The first-order valence-electron chi connectivity index (χ1n) is 12.1. The Bertz CT molecular complexity index is 1210. The number of ketones is 1. The minimum Gasteiger partial charge on any atom is -0.448 e. The Morgan fingerprint density at radius 1 is 0.941 bits per heavy atom. The number of piperidine rings is 1. The summed E-state index contributed by atoms with van der Waals surface area (Å²) in [6, 6.07) is 16.8. The average molecular weight is 454 g/mol. The topological polar surface area (TPSA) is 72.4 Å². The molecule has 0 saturated carbocycles. The molecule has 1 amide bonds. The molecule has 3 heterocycles. The van der Waals surface area contributed by atoms with Crippen molar-refractivity contribution in [3.8, 4) is 11.1 Å². The van der Waals surface area contributed by atoms with Gasteiger partial charge in [0.25, 0.3) is 0 Å². The fourth-order valence-electron chi connectivity index (χ4n) is 6.15. The fraction of sp³-hybridized carbons (Fsp3) is 0.357. The zero-order valence-corrected chi connectivity index (χ0v) is 19.2. The van der Waals surface area contributed by atoms with Crippen molar-refractivity contribution in [2.24, 2.45) is 5.92 Å². The highest BCUT2D eigenvalue weighted by Crippen LogP contribution is 2.45. The summed E-state index contributed by atoms with van der Waals surface area (Å²) in [4.78, 5) is 36.7. The summed E-state index contributed by atoms with van der Waals surface area (Å²) in [5, 5.41) is 0. The van der Waals surface area contributed by atoms with Crippen LogP contribution < -0.4 is 0 Å². The van der Waals surface area contributed by atoms with Crippen LogP contribution in [0.4, 0.5) is 4.79 Å². The molecular formula is C28H27N3O3. The highest BCUT2D eigenvalue weighted by molar-refractivity contribution is 5.96. The van der Waals surface area contributed by atoms with Crippen LogP contribution in [-0.2, 0) is 4.74 Å². The minimum atomic E-state index is -0.254. The van der Waals surface area contributed by atoms with Gasteiger partial charge in [-0.05, 0) is 54.9 Å². The minimum absolute atomic E-state index is 0.0419. The normalized spacial score (nSPS) is 22.9. The van der Waals surface area contributed by atoms with Crippen LogP contribution in [0.2, 0.25) is 0 Å². The third-order valence-corrected chi connectivity index (χ3v) is 7.66. The molecular weight excluding hydrogens is 426 g/mol. The number of aromatic nitrogens is 2. The first-order chi connectivity index (χ1) is 16.6. The van der Waals surface area contributed by atoms with Crippen molar-refractivity contribution in [3.63, 3.8) is 0 Å². The number of aryl methyl sites for hydroxylation is 1. The lowest BCUT2D eigenvalue weighted by atomic mass is 9.86. The highest BCUT2D eigenvalue weighted by atomic mass is 16.6. The number of hydrogen-bond donors (Lipinski definition) is 0. The number of benzene rings is 2. The van der Waals surface area contributed by atoms with E-state index in [1.54, 1.807) is 12.4 Å². The maximum Gasteiger partial charge on any atom is 0.410 e. The van der Waals surface area contributed by atoms with Crippen LogP contribution >= 0.6 is 0 Å². The second-order valence-electron chi connectivity index (χ2n) is 9.67. The lowest BCUT2D eigenvalue weighted by molar-refractivity contribution is 0.0504. The van der Waals surface area contributed by atoms with E-state index in [2.05, 4.69) is 46.4 Å². The standard InChI is InChI=1S/C28H27N3O3/c1-17-14-29-15-26(30-17)27(32)18-12-19-10-11-20(13-18)31(19)28(33)34-16-25-23-8-4-2-6-21(23)22-7-3-5-9-24(22)25/h2-9,14-15,18-20,25H,10-13,16H2,1H3. The Hall–Kier alpha value is -3.54. The van der Waals surface area contributed by atoms with E-state index >= 15 is 0 Å². The van der Waals surface area contributed by atoms with Crippen LogP contribution in [-0.4, -0.2) is 45.4 Å². The molecule has 2 aliphatic heterocycles. The van der Waals surface area contributed by atoms with Crippen molar-refractivity contribution in [2.45, 2.75) is 50.6 Å². The number of hydrogen-bond acceptors (Lipinski definition) is 5. The van der Waals surface area contributed by atoms with Crippen LogP contribution in [0.1, 0.15) is 58.9 Å². The van der Waals surface area contributed by atoms with Gasteiger partial charge in [0.15, 0.2) is 5.78 Å². The van der Waals surface area contributed by atoms with Gasteiger partial charge in [0.1, 0.15) is 12.3 Å². The SMILES string of the molecule is Cc1cncc(C(=O)C2CC3CCC(C2)N3C(=O)OCC2c3ccccc3-c3ccccc32)n1. The molecule has 1 aromatic heterocycles. The third kappa shape index (κ3) is 3.49. The van der Waals surface area contributed by atoms with E-state index in [9.17, 15) is 9.59 Å². The zero-order valence-electron chi connectivity index (χ0n) is 19.2. The lowest BCUT2D eigenvalue weighted by Gasteiger charge is -2.37. The van der Waals surface area contributed by atoms with Gasteiger partial charge in [-0.15, -0.1) is 0 Å². The second kappa shape index (κ2) is 8.35. The van der Waals surface area contributed by atoms with E-state index in [-0.39, 0.29) is 35.8 Å². The molecule has 6 heteroatoms. The Kier molecular flexibility index (Phi) is 5.16. The molecule has 3 aliphatic rings. The molecule has 2 fully saturated rings. The predicted molar refractivity (Wildman–Crippen MR) is 128 cm³/mol. The van der Waals surface area contributed by atoms with Gasteiger partial charge in [-0.2, -0.15) is 0 Å². The van der Waals surface area contributed by atoms with Crippen molar-refractivity contribution in [2.75, 3.05) is 6.61 Å². The maximum absolute atomic E-state index is 13.2. The van der Waals surface area contributed by atoms with Gasteiger partial charge in [0.05, 0.1) is 11.9 Å². The first kappa shape index (κ1) is 21.0. The van der Waals surface area contributed by atoms with Crippen molar-refractivity contribution >= 4 is 11.9 Å². The van der Waals surface area contributed by atoms with Crippen LogP contribution in [0, 0.1) is 12.8 Å². The molecule has 6 nitrogen and oxygen atoms in total. The summed E-state index contributed by atoms with van der Waals surface area (Å²) in [6.45, 7) is 2.16. The molecule has 6 rings (SSSR count). The number of ether oxygens (including phenoxy) is 1. The molecule has 3 aromatic rings. The molecule has 0 spiro atoms. The largest absolute Gasteiger partial charge is 0.448 e. The van der Waals surface area contributed by atoms with E-state index in [1.807, 2.05) is 24.0 Å². The zero-order chi connectivity index (χ0) is 23.2. The van der Waals surface area contributed by atoms with Crippen molar-refractivity contribution in [3.05, 3.63) is 83.4 Å². The maximum atomic E-state index is 13.2. The van der Waals surface area contributed by atoms with Gasteiger partial charge < -0.3 is 9.64 Å². The monoisotopic (exact) mass is 453 g/mol. The van der Waals surface area contributed by atoms with Gasteiger partial charge >= 0.3 is 6.09 Å². The fourth-order valence-corrected chi connectivity index (χ4v) is 6.15. The average Bonchev–Trinajstić information content (AvgIpc) is 3.32. The number of amides is 1. The van der Waals surface area contributed by atoms with E-state index in [0.717, 1.165) is 18.5 Å². The summed E-state index contributed by atoms with van der Waals surface area (Å²) in [7, 11) is 0. The van der Waals surface area contributed by atoms with Crippen LogP contribution in [0.25, 0.3) is 11.1 Å². The molecule has 2 bridgehead atoms. The third-order valence-electron chi connectivity index (χ3n) is 7.66. The summed E-state index contributed by atoms with van der Waals surface area (Å²) >= 11 is 0. The van der Waals surface area contributed by atoms with Gasteiger partial charge in [-0.3, -0.25) is 9.78 Å². The molecule has 1 aliphatic carbocycles. The van der Waals surface area contributed by atoms with Crippen molar-refractivity contribution in [1.29, 1.82) is 0 Å². The molecule has 0 radical (unpaired) electrons. The summed E-state index contributed by atoms with van der Waals surface area (Å²) in [5.41, 5.74) is 6.03. The van der Waals surface area contributed by atoms with Gasteiger partial charge in [-0.25, -0.2) is 9.78 Å². The number of Topliss-reactive ketones (excluding diaryl/α,β-unsaturated/α-hetero) is 1. The van der Waals surface area contributed by atoms with Crippen LogP contribution in [0.5, 0.6) is 0 Å². The molecule has 2 saturated heterocycles. The van der Waals surface area contributed by atoms with E-state index in [0.29, 0.717) is 25.1 Å². The molecule has 0 N–H and O–H groups in total. The van der Waals surface area contributed by atoms with E-state index < -0.39 is 0 Å². The number of rotatable bonds is 4. The smallest absolute Gasteiger partial charge is 0.410 e. The summed E-state index contributed by atoms with van der Waals surface area (Å²) in [6.07, 6.45) is 6.10. The lowest BCUT2D eigenvalue weighted by Crippen LogP contribution is -2.48. The van der Waals surface area contributed by atoms with Crippen molar-refractivity contribution < 1.29 is 14.3 Å². The Morgan fingerprint density at radius 3 is 2.18 bits per heavy atom. The van der Waals surface area contributed by atoms with Gasteiger partial charge in [0.2, 0.25) is 0 Å². The Morgan fingerprint density at radius 2 is 1.56 bits per heavy atom. The number of fused-ring (bicyclic) bond motifs is 5. The van der Waals surface area contributed by atoms with E-state index in [4.69, 9.17) is 4.74 Å². The molecule has 2 unspecified atom stereocenters. The highest BCUT2D eigenvalue weighted by Gasteiger charge is 2.46. The van der Waals surface area contributed by atoms with Crippen molar-refractivity contribution in [1.82, 2.24) is 14.9 Å². The summed E-state index contributed by atoms with van der Waals surface area (Å²) < 4.78 is 5.94. The Labute approximate surface area is 199 Å². The van der Waals surface area contributed by atoms with Gasteiger partial charge in [-0.1, -0.05) is 48.5 Å². The van der Waals surface area contributed by atoms with Crippen LogP contribution in [0.3, 0.4) is 0 Å².